The monoisotopic (exact) mass is 301 g/mol. The SMILES string of the molecule is COc1ccc(OC)c(S(=O)(=O)NCC2(CO)CC2)c1. The lowest BCUT2D eigenvalue weighted by Crippen LogP contribution is -2.32. The lowest BCUT2D eigenvalue weighted by atomic mass is 10.1. The first kappa shape index (κ1) is 15.1. The first-order valence-corrected chi connectivity index (χ1v) is 7.77. The Morgan fingerprint density at radius 1 is 1.30 bits per heavy atom. The van der Waals surface area contributed by atoms with Crippen LogP contribution in [-0.4, -0.2) is 40.9 Å². The molecule has 0 atom stereocenters. The molecule has 0 radical (unpaired) electrons. The van der Waals surface area contributed by atoms with Crippen LogP contribution in [0.3, 0.4) is 0 Å². The Hall–Kier alpha value is -1.31. The van der Waals surface area contributed by atoms with Crippen LogP contribution in [0, 0.1) is 5.41 Å². The van der Waals surface area contributed by atoms with Gasteiger partial charge in [-0.05, 0) is 25.0 Å². The maximum absolute atomic E-state index is 12.3. The fourth-order valence-electron chi connectivity index (χ4n) is 1.89. The molecule has 6 nitrogen and oxygen atoms in total. The summed E-state index contributed by atoms with van der Waals surface area (Å²) in [5, 5.41) is 9.23. The van der Waals surface area contributed by atoms with Gasteiger partial charge >= 0.3 is 0 Å². The molecule has 2 rings (SSSR count). The number of aliphatic hydroxyl groups excluding tert-OH is 1. The minimum atomic E-state index is -3.71. The van der Waals surface area contributed by atoms with Gasteiger partial charge in [0.05, 0.1) is 14.2 Å². The van der Waals surface area contributed by atoms with Crippen LogP contribution in [-0.2, 0) is 10.0 Å². The van der Waals surface area contributed by atoms with E-state index in [-0.39, 0.29) is 29.2 Å². The minimum Gasteiger partial charge on any atom is -0.497 e. The Morgan fingerprint density at radius 3 is 2.50 bits per heavy atom. The molecule has 0 unspecified atom stereocenters. The molecule has 20 heavy (non-hydrogen) atoms. The molecule has 1 aromatic rings. The number of rotatable bonds is 7. The van der Waals surface area contributed by atoms with Crippen LogP contribution < -0.4 is 14.2 Å². The Balaban J connectivity index is 2.23. The van der Waals surface area contributed by atoms with Crippen molar-refractivity contribution in [1.29, 1.82) is 0 Å². The van der Waals surface area contributed by atoms with E-state index in [2.05, 4.69) is 4.72 Å². The van der Waals surface area contributed by atoms with Gasteiger partial charge in [-0.1, -0.05) is 0 Å². The van der Waals surface area contributed by atoms with Gasteiger partial charge in [-0.25, -0.2) is 13.1 Å². The summed E-state index contributed by atoms with van der Waals surface area (Å²) >= 11 is 0. The number of ether oxygens (including phenoxy) is 2. The third-order valence-electron chi connectivity index (χ3n) is 3.59. The molecule has 1 saturated carbocycles. The van der Waals surface area contributed by atoms with E-state index >= 15 is 0 Å². The van der Waals surface area contributed by atoms with E-state index in [1.807, 2.05) is 0 Å². The van der Waals surface area contributed by atoms with Gasteiger partial charge < -0.3 is 14.6 Å². The van der Waals surface area contributed by atoms with E-state index in [1.54, 1.807) is 12.1 Å². The third kappa shape index (κ3) is 3.05. The maximum Gasteiger partial charge on any atom is 0.244 e. The summed E-state index contributed by atoms with van der Waals surface area (Å²) in [6.45, 7) is 0.219. The molecule has 2 N–H and O–H groups in total. The molecule has 0 amide bonds. The van der Waals surface area contributed by atoms with Crippen LogP contribution in [0.25, 0.3) is 0 Å². The van der Waals surface area contributed by atoms with Crippen molar-refractivity contribution < 1.29 is 23.0 Å². The lowest BCUT2D eigenvalue weighted by molar-refractivity contribution is 0.213. The zero-order valence-electron chi connectivity index (χ0n) is 11.5. The Bertz CT molecular complexity index is 580. The Morgan fingerprint density at radius 2 is 2.00 bits per heavy atom. The molecule has 0 aliphatic heterocycles. The van der Waals surface area contributed by atoms with Crippen molar-refractivity contribution in [3.8, 4) is 11.5 Å². The highest BCUT2D eigenvalue weighted by Crippen LogP contribution is 2.44. The van der Waals surface area contributed by atoms with E-state index in [4.69, 9.17) is 9.47 Å². The van der Waals surface area contributed by atoms with Crippen LogP contribution >= 0.6 is 0 Å². The fraction of sp³-hybridized carbons (Fsp3) is 0.538. The van der Waals surface area contributed by atoms with E-state index in [9.17, 15) is 13.5 Å². The highest BCUT2D eigenvalue weighted by atomic mass is 32.2. The highest BCUT2D eigenvalue weighted by Gasteiger charge is 2.42. The summed E-state index contributed by atoms with van der Waals surface area (Å²) in [4.78, 5) is 0.0353. The van der Waals surface area contributed by atoms with Gasteiger partial charge in [0.15, 0.2) is 0 Å². The van der Waals surface area contributed by atoms with E-state index in [0.717, 1.165) is 12.8 Å². The number of sulfonamides is 1. The van der Waals surface area contributed by atoms with Crippen LogP contribution in [0.2, 0.25) is 0 Å². The predicted molar refractivity (Wildman–Crippen MR) is 73.5 cm³/mol. The van der Waals surface area contributed by atoms with Gasteiger partial charge in [-0.15, -0.1) is 0 Å². The van der Waals surface area contributed by atoms with Crippen molar-refractivity contribution >= 4 is 10.0 Å². The summed E-state index contributed by atoms with van der Waals surface area (Å²) in [5.74, 6) is 0.696. The molecule has 7 heteroatoms. The summed E-state index contributed by atoms with van der Waals surface area (Å²) < 4.78 is 37.3. The molecule has 0 heterocycles. The van der Waals surface area contributed by atoms with Gasteiger partial charge in [0.2, 0.25) is 10.0 Å². The molecule has 1 aliphatic rings. The molecular formula is C13H19NO5S. The quantitative estimate of drug-likeness (QED) is 0.776. The molecule has 112 valence electrons. The van der Waals surface area contributed by atoms with Crippen LogP contribution in [0.1, 0.15) is 12.8 Å². The molecule has 1 fully saturated rings. The van der Waals surface area contributed by atoms with Gasteiger partial charge in [0.1, 0.15) is 16.4 Å². The first-order chi connectivity index (χ1) is 9.46. The molecule has 0 bridgehead atoms. The number of hydrogen-bond donors (Lipinski definition) is 2. The smallest absolute Gasteiger partial charge is 0.244 e. The average molecular weight is 301 g/mol. The second-order valence-electron chi connectivity index (χ2n) is 5.00. The van der Waals surface area contributed by atoms with Crippen molar-refractivity contribution in [2.45, 2.75) is 17.7 Å². The van der Waals surface area contributed by atoms with Crippen LogP contribution in [0.15, 0.2) is 23.1 Å². The van der Waals surface area contributed by atoms with Gasteiger partial charge in [0, 0.05) is 24.6 Å². The van der Waals surface area contributed by atoms with Crippen molar-refractivity contribution in [3.05, 3.63) is 18.2 Å². The zero-order chi connectivity index (χ0) is 14.8. The number of nitrogens with one attached hydrogen (secondary N) is 1. The minimum absolute atomic E-state index is 0.00916. The summed E-state index contributed by atoms with van der Waals surface area (Å²) in [5.41, 5.74) is -0.292. The molecular weight excluding hydrogens is 282 g/mol. The van der Waals surface area contributed by atoms with Crippen molar-refractivity contribution in [2.75, 3.05) is 27.4 Å². The van der Waals surface area contributed by atoms with Crippen molar-refractivity contribution in [2.24, 2.45) is 5.41 Å². The Labute approximate surface area is 118 Å². The second kappa shape index (κ2) is 5.59. The first-order valence-electron chi connectivity index (χ1n) is 6.29. The summed E-state index contributed by atoms with van der Waals surface area (Å²) in [6, 6.07) is 4.60. The molecule has 1 aromatic carbocycles. The molecule has 0 spiro atoms. The number of hydrogen-bond acceptors (Lipinski definition) is 5. The lowest BCUT2D eigenvalue weighted by Gasteiger charge is -2.15. The molecule has 0 saturated heterocycles. The summed E-state index contributed by atoms with van der Waals surface area (Å²) in [6.07, 6.45) is 1.67. The van der Waals surface area contributed by atoms with E-state index in [0.29, 0.717) is 5.75 Å². The largest absolute Gasteiger partial charge is 0.497 e. The standard InChI is InChI=1S/C13H19NO5S/c1-18-10-3-4-11(19-2)12(7-10)20(16,17)14-8-13(9-15)5-6-13/h3-4,7,14-15H,5-6,8-9H2,1-2H3. The van der Waals surface area contributed by atoms with Crippen LogP contribution in [0.5, 0.6) is 11.5 Å². The topological polar surface area (TPSA) is 84.9 Å². The number of aliphatic hydroxyl groups is 1. The second-order valence-corrected chi connectivity index (χ2v) is 6.73. The van der Waals surface area contributed by atoms with Gasteiger partial charge in [0.25, 0.3) is 0 Å². The maximum atomic E-state index is 12.3. The molecule has 1 aliphatic carbocycles. The zero-order valence-corrected chi connectivity index (χ0v) is 12.4. The number of methoxy groups -OCH3 is 2. The average Bonchev–Trinajstić information content (AvgIpc) is 3.25. The summed E-state index contributed by atoms with van der Waals surface area (Å²) in [7, 11) is -0.823. The normalized spacial score (nSPS) is 16.8. The highest BCUT2D eigenvalue weighted by molar-refractivity contribution is 7.89. The third-order valence-corrected chi connectivity index (χ3v) is 5.01. The fourth-order valence-corrected chi connectivity index (χ4v) is 3.23. The Kier molecular flexibility index (Phi) is 4.22. The van der Waals surface area contributed by atoms with E-state index in [1.165, 1.54) is 20.3 Å². The van der Waals surface area contributed by atoms with Gasteiger partial charge in [-0.2, -0.15) is 0 Å². The number of benzene rings is 1. The molecule has 0 aromatic heterocycles. The van der Waals surface area contributed by atoms with Gasteiger partial charge in [-0.3, -0.25) is 0 Å². The van der Waals surface area contributed by atoms with Crippen molar-refractivity contribution in [1.82, 2.24) is 4.72 Å². The van der Waals surface area contributed by atoms with Crippen molar-refractivity contribution in [3.63, 3.8) is 0 Å². The van der Waals surface area contributed by atoms with Crippen LogP contribution in [0.4, 0.5) is 0 Å². The van der Waals surface area contributed by atoms with E-state index < -0.39 is 10.0 Å². The predicted octanol–water partition coefficient (Wildman–Crippen LogP) is 0.755.